The zero-order valence-corrected chi connectivity index (χ0v) is 14.2. The molecule has 0 bridgehead atoms. The van der Waals surface area contributed by atoms with Crippen LogP contribution in [0.4, 0.5) is 11.9 Å². The van der Waals surface area contributed by atoms with E-state index in [9.17, 15) is 0 Å². The van der Waals surface area contributed by atoms with E-state index in [2.05, 4.69) is 25.2 Å². The third-order valence-electron chi connectivity index (χ3n) is 3.51. The maximum atomic E-state index is 5.45. The number of nitrogens with one attached hydrogen (secondary N) is 1. The second-order valence-electron chi connectivity index (χ2n) is 5.18. The molecule has 2 aliphatic rings. The molecule has 2 aliphatic heterocycles. The smallest absolute Gasteiger partial charge is 0.231 e. The molecule has 0 amide bonds. The van der Waals surface area contributed by atoms with E-state index in [1.165, 1.54) is 0 Å². The van der Waals surface area contributed by atoms with Crippen LogP contribution in [0.25, 0.3) is 0 Å². The lowest BCUT2D eigenvalue weighted by atomic mass is 10.4. The molecule has 0 saturated carbocycles. The molecule has 2 saturated heterocycles. The van der Waals surface area contributed by atoms with E-state index in [1.807, 2.05) is 6.92 Å². The summed E-state index contributed by atoms with van der Waals surface area (Å²) in [5, 5.41) is 3.91. The molecule has 1 N–H and O–H groups in total. The van der Waals surface area contributed by atoms with Crippen LogP contribution in [-0.4, -0.2) is 73.1 Å². The van der Waals surface area contributed by atoms with Crippen molar-refractivity contribution in [3.63, 3.8) is 0 Å². The van der Waals surface area contributed by atoms with Gasteiger partial charge in [0, 0.05) is 31.8 Å². The number of ether oxygens (including phenoxy) is 3. The van der Waals surface area contributed by atoms with Crippen molar-refractivity contribution in [1.82, 2.24) is 15.0 Å². The molecule has 1 aromatic rings. The summed E-state index contributed by atoms with van der Waals surface area (Å²) in [5.41, 5.74) is 0. The van der Waals surface area contributed by atoms with Crippen molar-refractivity contribution in [3.8, 4) is 0 Å². The molecule has 8 nitrogen and oxygen atoms in total. The standard InChI is InChI=1S/C14H23N5O3S/c1-2-15-12-16-13(19-4-6-20-7-5-19)18-14(17-12)23-10-3-11-21-8-9-22-11/h11H,2-10H2,1H3,(H,15,16,17,18). The van der Waals surface area contributed by atoms with E-state index in [0.29, 0.717) is 32.4 Å². The molecule has 0 atom stereocenters. The van der Waals surface area contributed by atoms with Gasteiger partial charge < -0.3 is 24.4 Å². The number of anilines is 2. The zero-order chi connectivity index (χ0) is 15.9. The fourth-order valence-electron chi connectivity index (χ4n) is 2.37. The van der Waals surface area contributed by atoms with Crippen molar-refractivity contribution in [2.24, 2.45) is 0 Å². The molecule has 0 unspecified atom stereocenters. The van der Waals surface area contributed by atoms with E-state index in [0.717, 1.165) is 42.9 Å². The molecule has 9 heteroatoms. The molecule has 2 fully saturated rings. The Morgan fingerprint density at radius 2 is 1.91 bits per heavy atom. The van der Waals surface area contributed by atoms with Crippen molar-refractivity contribution in [2.45, 2.75) is 24.8 Å². The molecular weight excluding hydrogens is 318 g/mol. The van der Waals surface area contributed by atoms with Crippen LogP contribution in [-0.2, 0) is 14.2 Å². The van der Waals surface area contributed by atoms with Gasteiger partial charge in [0.05, 0.1) is 26.4 Å². The van der Waals surface area contributed by atoms with E-state index >= 15 is 0 Å². The number of hydrogen-bond donors (Lipinski definition) is 1. The van der Waals surface area contributed by atoms with Crippen LogP contribution >= 0.6 is 11.8 Å². The lowest BCUT2D eigenvalue weighted by molar-refractivity contribution is -0.0421. The number of hydrogen-bond acceptors (Lipinski definition) is 9. The highest BCUT2D eigenvalue weighted by molar-refractivity contribution is 7.99. The number of morpholine rings is 1. The lowest BCUT2D eigenvalue weighted by Crippen LogP contribution is -2.37. The second kappa shape index (κ2) is 8.62. The molecule has 3 rings (SSSR count). The summed E-state index contributed by atoms with van der Waals surface area (Å²) in [6.45, 7) is 7.22. The first kappa shape index (κ1) is 16.7. The van der Waals surface area contributed by atoms with Crippen molar-refractivity contribution in [1.29, 1.82) is 0 Å². The summed E-state index contributed by atoms with van der Waals surface area (Å²) >= 11 is 1.61. The SMILES string of the molecule is CCNc1nc(SCCC2OCCO2)nc(N2CCOCC2)n1. The third-order valence-corrected chi connectivity index (χ3v) is 4.39. The van der Waals surface area contributed by atoms with Gasteiger partial charge in [0.2, 0.25) is 11.9 Å². The Balaban J connectivity index is 1.63. The highest BCUT2D eigenvalue weighted by Gasteiger charge is 2.18. The molecule has 0 aromatic carbocycles. The van der Waals surface area contributed by atoms with E-state index in [-0.39, 0.29) is 6.29 Å². The quantitative estimate of drug-likeness (QED) is 0.730. The van der Waals surface area contributed by atoms with Gasteiger partial charge in [-0.25, -0.2) is 0 Å². The predicted molar refractivity (Wildman–Crippen MR) is 88.1 cm³/mol. The lowest BCUT2D eigenvalue weighted by Gasteiger charge is -2.27. The van der Waals surface area contributed by atoms with Gasteiger partial charge in [-0.2, -0.15) is 15.0 Å². The van der Waals surface area contributed by atoms with Crippen molar-refractivity contribution in [2.75, 3.05) is 62.0 Å². The molecule has 0 aliphatic carbocycles. The Hall–Kier alpha value is -1.16. The summed E-state index contributed by atoms with van der Waals surface area (Å²) in [5.74, 6) is 2.19. The minimum absolute atomic E-state index is 0.0868. The van der Waals surface area contributed by atoms with E-state index < -0.39 is 0 Å². The van der Waals surface area contributed by atoms with E-state index in [1.54, 1.807) is 11.8 Å². The molecule has 0 spiro atoms. The number of thioether (sulfide) groups is 1. The van der Waals surface area contributed by atoms with Gasteiger partial charge in [-0.1, -0.05) is 11.8 Å². The normalized spacial score (nSPS) is 19.3. The van der Waals surface area contributed by atoms with Crippen LogP contribution in [0.1, 0.15) is 13.3 Å². The first-order chi connectivity index (χ1) is 11.3. The molecule has 0 radical (unpaired) electrons. The average molecular weight is 341 g/mol. The molecule has 23 heavy (non-hydrogen) atoms. The third kappa shape index (κ3) is 4.90. The van der Waals surface area contributed by atoms with Crippen LogP contribution in [0.15, 0.2) is 5.16 Å². The maximum Gasteiger partial charge on any atom is 0.231 e. The van der Waals surface area contributed by atoms with E-state index in [4.69, 9.17) is 14.2 Å². The first-order valence-corrected chi connectivity index (χ1v) is 9.02. The molecule has 3 heterocycles. The van der Waals surface area contributed by atoms with Crippen LogP contribution < -0.4 is 10.2 Å². The highest BCUT2D eigenvalue weighted by Crippen LogP contribution is 2.21. The number of nitrogens with zero attached hydrogens (tertiary/aromatic N) is 4. The van der Waals surface area contributed by atoms with Gasteiger partial charge in [-0.3, -0.25) is 0 Å². The predicted octanol–water partition coefficient (Wildman–Crippen LogP) is 0.995. The van der Waals surface area contributed by atoms with Crippen LogP contribution in [0.2, 0.25) is 0 Å². The Morgan fingerprint density at radius 3 is 2.65 bits per heavy atom. The average Bonchev–Trinajstić information content (AvgIpc) is 3.09. The fourth-order valence-corrected chi connectivity index (χ4v) is 3.16. The Labute approximate surface area is 140 Å². The zero-order valence-electron chi connectivity index (χ0n) is 13.4. The summed E-state index contributed by atoms with van der Waals surface area (Å²) in [6, 6.07) is 0. The van der Waals surface area contributed by atoms with Crippen molar-refractivity contribution < 1.29 is 14.2 Å². The van der Waals surface area contributed by atoms with Gasteiger partial charge in [-0.05, 0) is 6.92 Å². The Morgan fingerprint density at radius 1 is 1.13 bits per heavy atom. The molecule has 1 aromatic heterocycles. The fraction of sp³-hybridized carbons (Fsp3) is 0.786. The molecular formula is C14H23N5O3S. The van der Waals surface area contributed by atoms with Crippen molar-refractivity contribution >= 4 is 23.7 Å². The number of rotatable bonds is 7. The Kier molecular flexibility index (Phi) is 6.26. The highest BCUT2D eigenvalue weighted by atomic mass is 32.2. The summed E-state index contributed by atoms with van der Waals surface area (Å²) in [7, 11) is 0. The van der Waals surface area contributed by atoms with Gasteiger partial charge in [-0.15, -0.1) is 0 Å². The Bertz CT molecular complexity index is 495. The van der Waals surface area contributed by atoms with Gasteiger partial charge >= 0.3 is 0 Å². The van der Waals surface area contributed by atoms with Crippen LogP contribution in [0, 0.1) is 0 Å². The first-order valence-electron chi connectivity index (χ1n) is 8.04. The van der Waals surface area contributed by atoms with Gasteiger partial charge in [0.25, 0.3) is 0 Å². The van der Waals surface area contributed by atoms with Gasteiger partial charge in [0.1, 0.15) is 0 Å². The van der Waals surface area contributed by atoms with Crippen LogP contribution in [0.3, 0.4) is 0 Å². The molecule has 128 valence electrons. The van der Waals surface area contributed by atoms with Crippen molar-refractivity contribution in [3.05, 3.63) is 0 Å². The number of aromatic nitrogens is 3. The van der Waals surface area contributed by atoms with Gasteiger partial charge in [0.15, 0.2) is 11.4 Å². The topological polar surface area (TPSA) is 81.6 Å². The summed E-state index contributed by atoms with van der Waals surface area (Å²) < 4.78 is 16.3. The second-order valence-corrected chi connectivity index (χ2v) is 6.24. The largest absolute Gasteiger partial charge is 0.378 e. The van der Waals surface area contributed by atoms with Crippen LogP contribution in [0.5, 0.6) is 0 Å². The minimum atomic E-state index is -0.0868. The summed E-state index contributed by atoms with van der Waals surface area (Å²) in [4.78, 5) is 15.7. The minimum Gasteiger partial charge on any atom is -0.378 e. The monoisotopic (exact) mass is 341 g/mol. The maximum absolute atomic E-state index is 5.45. The summed E-state index contributed by atoms with van der Waals surface area (Å²) in [6.07, 6.45) is 0.746.